The van der Waals surface area contributed by atoms with Crippen molar-refractivity contribution >= 4 is 23.9 Å². The van der Waals surface area contributed by atoms with Crippen LogP contribution in [0.2, 0.25) is 0 Å². The van der Waals surface area contributed by atoms with Crippen LogP contribution < -0.4 is 14.9 Å². The van der Waals surface area contributed by atoms with Gasteiger partial charge in [0.25, 0.3) is 5.91 Å². The molecular formula is C25H22FN5O3S. The minimum atomic E-state index is -0.418. The van der Waals surface area contributed by atoms with Crippen molar-refractivity contribution in [2.24, 2.45) is 5.10 Å². The molecule has 0 aliphatic rings. The van der Waals surface area contributed by atoms with Gasteiger partial charge in [-0.2, -0.15) is 5.10 Å². The van der Waals surface area contributed by atoms with Crippen molar-refractivity contribution in [2.75, 3.05) is 20.0 Å². The summed E-state index contributed by atoms with van der Waals surface area (Å²) in [6, 6.07) is 21.2. The van der Waals surface area contributed by atoms with E-state index in [2.05, 4.69) is 20.7 Å². The second-order valence-electron chi connectivity index (χ2n) is 7.15. The lowest BCUT2D eigenvalue weighted by Crippen LogP contribution is -2.20. The van der Waals surface area contributed by atoms with Gasteiger partial charge in [0.2, 0.25) is 0 Å². The first-order chi connectivity index (χ1) is 17.1. The smallest absolute Gasteiger partial charge is 0.250 e. The molecule has 0 aliphatic carbocycles. The minimum Gasteiger partial charge on any atom is -0.493 e. The molecule has 1 aromatic heterocycles. The number of benzene rings is 3. The van der Waals surface area contributed by atoms with Gasteiger partial charge in [-0.15, -0.1) is 10.2 Å². The van der Waals surface area contributed by atoms with E-state index in [1.165, 1.54) is 24.0 Å². The number of hydrogen-bond acceptors (Lipinski definition) is 7. The summed E-state index contributed by atoms with van der Waals surface area (Å²) in [7, 11) is 3.14. The van der Waals surface area contributed by atoms with Crippen molar-refractivity contribution in [3.63, 3.8) is 0 Å². The molecule has 178 valence electrons. The number of halogens is 1. The molecule has 1 amide bonds. The highest BCUT2D eigenvalue weighted by Crippen LogP contribution is 2.34. The van der Waals surface area contributed by atoms with Gasteiger partial charge >= 0.3 is 0 Å². The SMILES string of the molecule is COc1ccc(-c2nnc(SCC(=O)NN=Cc3ccccc3F)n2-c2ccccc2)cc1OC. The summed E-state index contributed by atoms with van der Waals surface area (Å²) < 4.78 is 26.3. The number of ether oxygens (including phenoxy) is 2. The van der Waals surface area contributed by atoms with Crippen molar-refractivity contribution < 1.29 is 18.7 Å². The summed E-state index contributed by atoms with van der Waals surface area (Å²) in [5.74, 6) is 0.998. The van der Waals surface area contributed by atoms with Crippen LogP contribution in [-0.2, 0) is 4.79 Å². The Kier molecular flexibility index (Phi) is 7.74. The fourth-order valence-electron chi connectivity index (χ4n) is 3.25. The predicted octanol–water partition coefficient (Wildman–Crippen LogP) is 4.33. The van der Waals surface area contributed by atoms with E-state index in [1.807, 2.05) is 47.0 Å². The molecule has 10 heteroatoms. The number of amides is 1. The van der Waals surface area contributed by atoms with Gasteiger partial charge in [0, 0.05) is 16.8 Å². The molecule has 0 bridgehead atoms. The van der Waals surface area contributed by atoms with Crippen LogP contribution >= 0.6 is 11.8 Å². The largest absolute Gasteiger partial charge is 0.493 e. The first-order valence-corrected chi connectivity index (χ1v) is 11.5. The molecule has 0 radical (unpaired) electrons. The quantitative estimate of drug-likeness (QED) is 0.213. The van der Waals surface area contributed by atoms with Gasteiger partial charge in [0.05, 0.1) is 26.2 Å². The molecule has 3 aromatic carbocycles. The molecule has 0 saturated carbocycles. The van der Waals surface area contributed by atoms with Crippen LogP contribution in [-0.4, -0.2) is 46.9 Å². The van der Waals surface area contributed by atoms with Crippen LogP contribution in [0.4, 0.5) is 4.39 Å². The number of nitrogens with zero attached hydrogens (tertiary/aromatic N) is 4. The number of hydrogen-bond donors (Lipinski definition) is 1. The third-order valence-electron chi connectivity index (χ3n) is 4.92. The van der Waals surface area contributed by atoms with E-state index < -0.39 is 5.82 Å². The van der Waals surface area contributed by atoms with Gasteiger partial charge < -0.3 is 9.47 Å². The Labute approximate surface area is 205 Å². The van der Waals surface area contributed by atoms with Crippen molar-refractivity contribution in [3.8, 4) is 28.6 Å². The first kappa shape index (κ1) is 24.0. The fraction of sp³-hybridized carbons (Fsp3) is 0.120. The molecule has 8 nitrogen and oxygen atoms in total. The van der Waals surface area contributed by atoms with E-state index in [-0.39, 0.29) is 17.2 Å². The van der Waals surface area contributed by atoms with Crippen molar-refractivity contribution in [2.45, 2.75) is 5.16 Å². The van der Waals surface area contributed by atoms with Crippen LogP contribution in [0.3, 0.4) is 0 Å². The van der Waals surface area contributed by atoms with Gasteiger partial charge in [0.15, 0.2) is 22.5 Å². The molecule has 35 heavy (non-hydrogen) atoms. The molecule has 0 saturated heterocycles. The molecule has 1 heterocycles. The second-order valence-corrected chi connectivity index (χ2v) is 8.09. The van der Waals surface area contributed by atoms with Crippen LogP contribution in [0, 0.1) is 5.82 Å². The van der Waals surface area contributed by atoms with Crippen molar-refractivity contribution in [1.82, 2.24) is 20.2 Å². The topological polar surface area (TPSA) is 90.6 Å². The summed E-state index contributed by atoms with van der Waals surface area (Å²) in [6.07, 6.45) is 1.26. The summed E-state index contributed by atoms with van der Waals surface area (Å²) >= 11 is 1.21. The molecule has 4 aromatic rings. The average molecular weight is 492 g/mol. The van der Waals surface area contributed by atoms with E-state index in [9.17, 15) is 9.18 Å². The van der Waals surface area contributed by atoms with E-state index in [1.54, 1.807) is 38.5 Å². The zero-order chi connectivity index (χ0) is 24.6. The molecule has 1 N–H and O–H groups in total. The third kappa shape index (κ3) is 5.67. The number of rotatable bonds is 9. The van der Waals surface area contributed by atoms with Crippen LogP contribution in [0.25, 0.3) is 17.1 Å². The number of hydrazone groups is 1. The third-order valence-corrected chi connectivity index (χ3v) is 5.85. The van der Waals surface area contributed by atoms with Crippen LogP contribution in [0.1, 0.15) is 5.56 Å². The number of methoxy groups -OCH3 is 2. The highest BCUT2D eigenvalue weighted by Gasteiger charge is 2.18. The summed E-state index contributed by atoms with van der Waals surface area (Å²) in [6.45, 7) is 0. The lowest BCUT2D eigenvalue weighted by atomic mass is 10.2. The van der Waals surface area contributed by atoms with Gasteiger partial charge in [-0.05, 0) is 36.4 Å². The summed E-state index contributed by atoms with van der Waals surface area (Å²) in [4.78, 5) is 12.3. The highest BCUT2D eigenvalue weighted by atomic mass is 32.2. The fourth-order valence-corrected chi connectivity index (χ4v) is 4.00. The number of carbonyl (C=O) groups excluding carboxylic acids is 1. The lowest BCUT2D eigenvalue weighted by molar-refractivity contribution is -0.118. The average Bonchev–Trinajstić information content (AvgIpc) is 3.32. The number of nitrogens with one attached hydrogen (secondary N) is 1. The molecule has 0 unspecified atom stereocenters. The zero-order valence-electron chi connectivity index (χ0n) is 19.0. The maximum Gasteiger partial charge on any atom is 0.250 e. The van der Waals surface area contributed by atoms with Crippen molar-refractivity contribution in [1.29, 1.82) is 0 Å². The normalized spacial score (nSPS) is 10.9. The van der Waals surface area contributed by atoms with Gasteiger partial charge in [-0.1, -0.05) is 48.2 Å². The van der Waals surface area contributed by atoms with Crippen LogP contribution in [0.15, 0.2) is 83.1 Å². The Morgan fingerprint density at radius 3 is 2.51 bits per heavy atom. The maximum absolute atomic E-state index is 13.7. The number of thioether (sulfide) groups is 1. The lowest BCUT2D eigenvalue weighted by Gasteiger charge is -2.12. The second kappa shape index (κ2) is 11.3. The van der Waals surface area contributed by atoms with E-state index in [0.29, 0.717) is 22.5 Å². The van der Waals surface area contributed by atoms with E-state index in [0.717, 1.165) is 11.3 Å². The maximum atomic E-state index is 13.7. The van der Waals surface area contributed by atoms with Gasteiger partial charge in [0.1, 0.15) is 5.82 Å². The molecular weight excluding hydrogens is 469 g/mol. The van der Waals surface area contributed by atoms with Gasteiger partial charge in [-0.25, -0.2) is 9.82 Å². The minimum absolute atomic E-state index is 0.0332. The Hall–Kier alpha value is -4.18. The summed E-state index contributed by atoms with van der Waals surface area (Å²) in [5, 5.41) is 13.0. The Morgan fingerprint density at radius 1 is 1.03 bits per heavy atom. The Morgan fingerprint density at radius 2 is 1.77 bits per heavy atom. The first-order valence-electron chi connectivity index (χ1n) is 10.5. The van der Waals surface area contributed by atoms with E-state index in [4.69, 9.17) is 9.47 Å². The Balaban J connectivity index is 1.55. The Bertz CT molecular complexity index is 1340. The van der Waals surface area contributed by atoms with Crippen LogP contribution in [0.5, 0.6) is 11.5 Å². The van der Waals surface area contributed by atoms with Crippen molar-refractivity contribution in [3.05, 3.63) is 84.2 Å². The zero-order valence-corrected chi connectivity index (χ0v) is 19.8. The molecule has 4 rings (SSSR count). The highest BCUT2D eigenvalue weighted by molar-refractivity contribution is 7.99. The summed E-state index contributed by atoms with van der Waals surface area (Å²) in [5.41, 5.74) is 4.29. The monoisotopic (exact) mass is 491 g/mol. The number of aromatic nitrogens is 3. The number of para-hydroxylation sites is 1. The molecule has 0 spiro atoms. The predicted molar refractivity (Wildman–Crippen MR) is 133 cm³/mol. The van der Waals surface area contributed by atoms with Gasteiger partial charge in [-0.3, -0.25) is 9.36 Å². The molecule has 0 atom stereocenters. The standard InChI is InChI=1S/C25H22FN5O3S/c1-33-21-13-12-17(14-22(21)34-2)24-29-30-25(31(24)19-9-4-3-5-10-19)35-16-23(32)28-27-15-18-8-6-7-11-20(18)26/h3-15H,16H2,1-2H3,(H,28,32). The number of carbonyl (C=O) groups is 1. The molecule has 0 fully saturated rings. The molecule has 0 aliphatic heterocycles. The van der Waals surface area contributed by atoms with E-state index >= 15 is 0 Å².